The number of carbonyl (C=O) groups excluding carboxylic acids is 1. The lowest BCUT2D eigenvalue weighted by Crippen LogP contribution is -2.30. The molecule has 1 aromatic carbocycles. The van der Waals surface area contributed by atoms with Crippen LogP contribution in [-0.4, -0.2) is 18.0 Å². The van der Waals surface area contributed by atoms with Crippen molar-refractivity contribution in [2.24, 2.45) is 0 Å². The van der Waals surface area contributed by atoms with E-state index in [2.05, 4.69) is 17.2 Å². The van der Waals surface area contributed by atoms with Gasteiger partial charge in [0.05, 0.1) is 25.3 Å². The average Bonchev–Trinajstić information content (AvgIpc) is 3.35. The van der Waals surface area contributed by atoms with Crippen LogP contribution in [0.15, 0.2) is 45.5 Å². The highest BCUT2D eigenvalue weighted by Crippen LogP contribution is 2.25. The van der Waals surface area contributed by atoms with Gasteiger partial charge >= 0.3 is 0 Å². The van der Waals surface area contributed by atoms with E-state index in [-0.39, 0.29) is 18.4 Å². The highest BCUT2D eigenvalue weighted by molar-refractivity contribution is 7.08. The normalized spacial score (nSPS) is 12.0. The molecule has 0 aliphatic carbocycles. The van der Waals surface area contributed by atoms with Crippen molar-refractivity contribution < 1.29 is 13.9 Å². The van der Waals surface area contributed by atoms with Crippen molar-refractivity contribution in [2.45, 2.75) is 45.6 Å². The van der Waals surface area contributed by atoms with Gasteiger partial charge in [0, 0.05) is 10.9 Å². The molecule has 28 heavy (non-hydrogen) atoms. The van der Waals surface area contributed by atoms with Gasteiger partial charge in [-0.1, -0.05) is 31.9 Å². The molecule has 0 saturated carbocycles. The van der Waals surface area contributed by atoms with Gasteiger partial charge in [-0.05, 0) is 42.5 Å². The molecule has 0 bridgehead atoms. The summed E-state index contributed by atoms with van der Waals surface area (Å²) in [4.78, 5) is 17.2. The standard InChI is InChI=1S/C22H26N2O3S/c1-4-5-6-19(16-7-9-18(26-3)10-8-16)23-21(25)13-20-15(2)27-22(24-20)17-11-12-28-14-17/h7-12,14,19H,4-6,13H2,1-3H3,(H,23,25). The van der Waals surface area contributed by atoms with Gasteiger partial charge in [0.2, 0.25) is 11.8 Å². The predicted molar refractivity (Wildman–Crippen MR) is 112 cm³/mol. The van der Waals surface area contributed by atoms with Crippen LogP contribution in [0.2, 0.25) is 0 Å². The Kier molecular flexibility index (Phi) is 6.87. The largest absolute Gasteiger partial charge is 0.497 e. The van der Waals surface area contributed by atoms with Crippen molar-refractivity contribution in [2.75, 3.05) is 7.11 Å². The number of hydrogen-bond donors (Lipinski definition) is 1. The molecule has 5 nitrogen and oxygen atoms in total. The van der Waals surface area contributed by atoms with Crippen molar-refractivity contribution in [3.8, 4) is 17.2 Å². The minimum Gasteiger partial charge on any atom is -0.497 e. The van der Waals surface area contributed by atoms with Gasteiger partial charge in [0.1, 0.15) is 11.5 Å². The van der Waals surface area contributed by atoms with E-state index in [4.69, 9.17) is 9.15 Å². The number of hydrogen-bond acceptors (Lipinski definition) is 5. The third kappa shape index (κ3) is 5.01. The maximum absolute atomic E-state index is 12.7. The molecule has 148 valence electrons. The first-order valence-electron chi connectivity index (χ1n) is 9.53. The van der Waals surface area contributed by atoms with E-state index in [9.17, 15) is 4.79 Å². The Morgan fingerprint density at radius 3 is 2.71 bits per heavy atom. The third-order valence-electron chi connectivity index (χ3n) is 4.69. The van der Waals surface area contributed by atoms with Crippen molar-refractivity contribution in [1.82, 2.24) is 10.3 Å². The predicted octanol–water partition coefficient (Wildman–Crippen LogP) is 5.31. The number of amides is 1. The van der Waals surface area contributed by atoms with Gasteiger partial charge in [-0.15, -0.1) is 0 Å². The van der Waals surface area contributed by atoms with Crippen LogP contribution in [-0.2, 0) is 11.2 Å². The summed E-state index contributed by atoms with van der Waals surface area (Å²) in [5, 5.41) is 7.13. The van der Waals surface area contributed by atoms with Gasteiger partial charge in [0.25, 0.3) is 0 Å². The number of aryl methyl sites for hydroxylation is 1. The fourth-order valence-electron chi connectivity index (χ4n) is 3.07. The minimum absolute atomic E-state index is 0.0260. The van der Waals surface area contributed by atoms with E-state index in [1.165, 1.54) is 0 Å². The number of carbonyl (C=O) groups is 1. The first-order chi connectivity index (χ1) is 13.6. The van der Waals surface area contributed by atoms with E-state index in [0.29, 0.717) is 17.3 Å². The van der Waals surface area contributed by atoms with Gasteiger partial charge in [0.15, 0.2) is 0 Å². The van der Waals surface area contributed by atoms with Gasteiger partial charge < -0.3 is 14.5 Å². The van der Waals surface area contributed by atoms with Crippen LogP contribution in [0.25, 0.3) is 11.5 Å². The second-order valence-electron chi connectivity index (χ2n) is 6.75. The molecular formula is C22H26N2O3S. The van der Waals surface area contributed by atoms with E-state index in [1.807, 2.05) is 48.0 Å². The molecule has 2 aromatic heterocycles. The Morgan fingerprint density at radius 1 is 1.29 bits per heavy atom. The van der Waals surface area contributed by atoms with Crippen LogP contribution in [0, 0.1) is 6.92 Å². The molecule has 0 radical (unpaired) electrons. The number of nitrogens with zero attached hydrogens (tertiary/aromatic N) is 1. The first kappa shape index (κ1) is 20.1. The molecule has 0 aliphatic heterocycles. The number of methoxy groups -OCH3 is 1. The molecule has 1 N–H and O–H groups in total. The number of unbranched alkanes of at least 4 members (excludes halogenated alkanes) is 1. The number of benzene rings is 1. The number of rotatable bonds is 9. The number of thiophene rings is 1. The molecule has 2 heterocycles. The van der Waals surface area contributed by atoms with Crippen LogP contribution in [0.4, 0.5) is 0 Å². The lowest BCUT2D eigenvalue weighted by molar-refractivity contribution is -0.121. The van der Waals surface area contributed by atoms with Crippen LogP contribution < -0.4 is 10.1 Å². The molecule has 3 aromatic rings. The van der Waals surface area contributed by atoms with Crippen LogP contribution in [0.3, 0.4) is 0 Å². The monoisotopic (exact) mass is 398 g/mol. The lowest BCUT2D eigenvalue weighted by Gasteiger charge is -2.19. The summed E-state index contributed by atoms with van der Waals surface area (Å²) in [7, 11) is 1.65. The highest BCUT2D eigenvalue weighted by Gasteiger charge is 2.18. The fraction of sp³-hybridized carbons (Fsp3) is 0.364. The zero-order valence-electron chi connectivity index (χ0n) is 16.5. The summed E-state index contributed by atoms with van der Waals surface area (Å²) < 4.78 is 11.0. The maximum Gasteiger partial charge on any atom is 0.227 e. The molecule has 0 saturated heterocycles. The Hall–Kier alpha value is -2.60. The van der Waals surface area contributed by atoms with Crippen molar-refractivity contribution in [3.05, 3.63) is 58.1 Å². The lowest BCUT2D eigenvalue weighted by atomic mass is 10.0. The van der Waals surface area contributed by atoms with Gasteiger partial charge in [-0.2, -0.15) is 11.3 Å². The molecular weight excluding hydrogens is 372 g/mol. The summed E-state index contributed by atoms with van der Waals surface area (Å²) >= 11 is 1.59. The van der Waals surface area contributed by atoms with Crippen molar-refractivity contribution in [1.29, 1.82) is 0 Å². The second-order valence-corrected chi connectivity index (χ2v) is 7.53. The van der Waals surface area contributed by atoms with Crippen molar-refractivity contribution >= 4 is 17.2 Å². The summed E-state index contributed by atoms with van der Waals surface area (Å²) in [5.74, 6) is 2.01. The summed E-state index contributed by atoms with van der Waals surface area (Å²) in [6, 6.07) is 9.81. The summed E-state index contributed by atoms with van der Waals surface area (Å²) in [5.41, 5.74) is 2.71. The molecule has 0 aliphatic rings. The van der Waals surface area contributed by atoms with Crippen molar-refractivity contribution in [3.63, 3.8) is 0 Å². The number of nitrogens with one attached hydrogen (secondary N) is 1. The van der Waals surface area contributed by atoms with E-state index in [1.54, 1.807) is 18.4 Å². The molecule has 1 atom stereocenters. The zero-order chi connectivity index (χ0) is 19.9. The number of ether oxygens (including phenoxy) is 1. The molecule has 0 fully saturated rings. The Labute approximate surface area is 169 Å². The number of aromatic nitrogens is 1. The van der Waals surface area contributed by atoms with Crippen LogP contribution in [0.1, 0.15) is 49.2 Å². The topological polar surface area (TPSA) is 64.4 Å². The first-order valence-corrected chi connectivity index (χ1v) is 10.5. The average molecular weight is 399 g/mol. The molecule has 3 rings (SSSR count). The maximum atomic E-state index is 12.7. The Bertz CT molecular complexity index is 885. The SMILES string of the molecule is CCCCC(NC(=O)Cc1nc(-c2ccsc2)oc1C)c1ccc(OC)cc1. The molecule has 0 spiro atoms. The minimum atomic E-state index is -0.0508. The number of oxazole rings is 1. The fourth-order valence-corrected chi connectivity index (χ4v) is 3.70. The Balaban J connectivity index is 1.69. The smallest absolute Gasteiger partial charge is 0.227 e. The molecule has 1 unspecified atom stereocenters. The highest BCUT2D eigenvalue weighted by atomic mass is 32.1. The Morgan fingerprint density at radius 2 is 2.07 bits per heavy atom. The van der Waals surface area contributed by atoms with Gasteiger partial charge in [-0.25, -0.2) is 4.98 Å². The van der Waals surface area contributed by atoms with E-state index < -0.39 is 0 Å². The second kappa shape index (κ2) is 9.55. The molecule has 1 amide bonds. The summed E-state index contributed by atoms with van der Waals surface area (Å²) in [6.07, 6.45) is 3.22. The van der Waals surface area contributed by atoms with Gasteiger partial charge in [-0.3, -0.25) is 4.79 Å². The third-order valence-corrected chi connectivity index (χ3v) is 5.37. The molecule has 6 heteroatoms. The summed E-state index contributed by atoms with van der Waals surface area (Å²) in [6.45, 7) is 4.00. The van der Waals surface area contributed by atoms with Crippen LogP contribution in [0.5, 0.6) is 5.75 Å². The van der Waals surface area contributed by atoms with Crippen LogP contribution >= 0.6 is 11.3 Å². The zero-order valence-corrected chi connectivity index (χ0v) is 17.3. The quantitative estimate of drug-likeness (QED) is 0.530. The van der Waals surface area contributed by atoms with E-state index in [0.717, 1.165) is 36.1 Å². The van der Waals surface area contributed by atoms with E-state index >= 15 is 0 Å².